The van der Waals surface area contributed by atoms with E-state index in [9.17, 15) is 9.18 Å². The molecule has 0 fully saturated rings. The highest BCUT2D eigenvalue weighted by atomic mass is 19.1. The van der Waals surface area contributed by atoms with Crippen molar-refractivity contribution in [2.75, 3.05) is 18.5 Å². The molecule has 0 bridgehead atoms. The van der Waals surface area contributed by atoms with Crippen LogP contribution in [0.25, 0.3) is 28.2 Å². The zero-order valence-electron chi connectivity index (χ0n) is 19.6. The Morgan fingerprint density at radius 1 is 1.06 bits per heavy atom. The van der Waals surface area contributed by atoms with Crippen LogP contribution in [0.15, 0.2) is 65.5 Å². The maximum Gasteiger partial charge on any atom is 0.271 e. The number of para-hydroxylation sites is 1. The third kappa shape index (κ3) is 4.61. The Morgan fingerprint density at radius 3 is 2.63 bits per heavy atom. The highest BCUT2D eigenvalue weighted by Crippen LogP contribution is 2.39. The second-order valence-corrected chi connectivity index (χ2v) is 8.98. The van der Waals surface area contributed by atoms with Crippen molar-refractivity contribution >= 4 is 5.82 Å². The van der Waals surface area contributed by atoms with Crippen LogP contribution in [0.4, 0.5) is 10.2 Å². The Bertz CT molecular complexity index is 1390. The molecule has 4 aromatic rings. The van der Waals surface area contributed by atoms with Gasteiger partial charge in [0, 0.05) is 31.3 Å². The standard InChI is InChI=1S/C27H28FN5O2/c1-18-6-2-3-8-23(18)33-24(35)14-13-22(30-33)25-26(20-9-11-21(28)12-10-20)31-32-17-19(7-4-5-15-34)16-29-27(25)32/h2-3,6,8-14,19,29,34H,4-5,7,15-17H2,1H3. The van der Waals surface area contributed by atoms with Crippen LogP contribution >= 0.6 is 0 Å². The summed E-state index contributed by atoms with van der Waals surface area (Å²) in [6, 6.07) is 17.1. The summed E-state index contributed by atoms with van der Waals surface area (Å²) in [4.78, 5) is 12.7. The fourth-order valence-corrected chi connectivity index (χ4v) is 4.63. The van der Waals surface area contributed by atoms with E-state index in [2.05, 4.69) is 5.32 Å². The van der Waals surface area contributed by atoms with Gasteiger partial charge in [-0.15, -0.1) is 0 Å². The molecule has 0 aliphatic carbocycles. The molecular weight excluding hydrogens is 445 g/mol. The van der Waals surface area contributed by atoms with E-state index in [0.717, 1.165) is 60.5 Å². The minimum atomic E-state index is -0.312. The number of aryl methyl sites for hydroxylation is 1. The number of hydrogen-bond donors (Lipinski definition) is 2. The minimum Gasteiger partial charge on any atom is -0.396 e. The fraction of sp³-hybridized carbons (Fsp3) is 0.296. The number of nitrogens with one attached hydrogen (secondary N) is 1. The predicted molar refractivity (Wildman–Crippen MR) is 134 cm³/mol. The number of unbranched alkanes of at least 4 members (excludes halogenated alkanes) is 1. The van der Waals surface area contributed by atoms with Crippen LogP contribution in [0, 0.1) is 18.7 Å². The number of benzene rings is 2. The summed E-state index contributed by atoms with van der Waals surface area (Å²) in [5.41, 5.74) is 4.31. The van der Waals surface area contributed by atoms with Gasteiger partial charge in [-0.1, -0.05) is 24.6 Å². The van der Waals surface area contributed by atoms with Crippen LogP contribution in [0.2, 0.25) is 0 Å². The van der Waals surface area contributed by atoms with Crippen molar-refractivity contribution in [2.45, 2.75) is 32.7 Å². The van der Waals surface area contributed by atoms with Crippen molar-refractivity contribution < 1.29 is 9.50 Å². The summed E-state index contributed by atoms with van der Waals surface area (Å²) < 4.78 is 17.0. The molecule has 2 aromatic heterocycles. The SMILES string of the molecule is Cc1ccccc1-n1nc(-c2c(-c3ccc(F)cc3)nn3c2NCC(CCCCO)C3)ccc1=O. The summed E-state index contributed by atoms with van der Waals surface area (Å²) in [6.45, 7) is 3.67. The van der Waals surface area contributed by atoms with Crippen LogP contribution in [0.3, 0.4) is 0 Å². The number of rotatable bonds is 7. The Kier molecular flexibility index (Phi) is 6.46. The predicted octanol–water partition coefficient (Wildman–Crippen LogP) is 4.41. The first-order valence-electron chi connectivity index (χ1n) is 11.9. The van der Waals surface area contributed by atoms with Crippen molar-refractivity contribution in [1.82, 2.24) is 19.6 Å². The Labute approximate surface area is 202 Å². The Balaban J connectivity index is 1.62. The molecule has 0 spiro atoms. The summed E-state index contributed by atoms with van der Waals surface area (Å²) in [6.07, 6.45) is 2.74. The number of halogens is 1. The van der Waals surface area contributed by atoms with Crippen LogP contribution < -0.4 is 10.9 Å². The van der Waals surface area contributed by atoms with E-state index >= 15 is 0 Å². The molecule has 2 aromatic carbocycles. The maximum atomic E-state index is 13.7. The van der Waals surface area contributed by atoms with E-state index in [1.165, 1.54) is 22.9 Å². The summed E-state index contributed by atoms with van der Waals surface area (Å²) >= 11 is 0. The van der Waals surface area contributed by atoms with Crippen LogP contribution in [-0.2, 0) is 6.54 Å². The lowest BCUT2D eigenvalue weighted by Crippen LogP contribution is -2.28. The van der Waals surface area contributed by atoms with Gasteiger partial charge < -0.3 is 10.4 Å². The first-order chi connectivity index (χ1) is 17.0. The van der Waals surface area contributed by atoms with Crippen molar-refractivity contribution in [3.05, 3.63) is 82.4 Å². The molecule has 8 heteroatoms. The molecule has 3 heterocycles. The zero-order chi connectivity index (χ0) is 24.4. The molecular formula is C27H28FN5O2. The molecule has 35 heavy (non-hydrogen) atoms. The third-order valence-corrected chi connectivity index (χ3v) is 6.48. The number of anilines is 1. The van der Waals surface area contributed by atoms with Gasteiger partial charge in [-0.05, 0) is 67.6 Å². The van der Waals surface area contributed by atoms with Gasteiger partial charge in [0.1, 0.15) is 17.3 Å². The highest BCUT2D eigenvalue weighted by Gasteiger charge is 2.27. The van der Waals surface area contributed by atoms with Gasteiger partial charge in [-0.3, -0.25) is 4.79 Å². The molecule has 0 saturated carbocycles. The molecule has 5 rings (SSSR count). The molecule has 2 N–H and O–H groups in total. The van der Waals surface area contributed by atoms with Crippen molar-refractivity contribution in [3.63, 3.8) is 0 Å². The quantitative estimate of drug-likeness (QED) is 0.388. The van der Waals surface area contributed by atoms with E-state index < -0.39 is 0 Å². The monoisotopic (exact) mass is 473 g/mol. The molecule has 1 unspecified atom stereocenters. The van der Waals surface area contributed by atoms with E-state index in [4.69, 9.17) is 15.3 Å². The number of fused-ring (bicyclic) bond motifs is 1. The van der Waals surface area contributed by atoms with E-state index in [1.54, 1.807) is 18.2 Å². The molecule has 7 nitrogen and oxygen atoms in total. The molecule has 1 aliphatic heterocycles. The van der Waals surface area contributed by atoms with Crippen molar-refractivity contribution in [3.8, 4) is 28.2 Å². The van der Waals surface area contributed by atoms with Gasteiger partial charge in [-0.25, -0.2) is 9.07 Å². The fourth-order valence-electron chi connectivity index (χ4n) is 4.63. The first kappa shape index (κ1) is 23.0. The van der Waals surface area contributed by atoms with Gasteiger partial charge in [0.2, 0.25) is 0 Å². The second-order valence-electron chi connectivity index (χ2n) is 8.98. The summed E-state index contributed by atoms with van der Waals surface area (Å²) in [5, 5.41) is 22.3. The topological polar surface area (TPSA) is 85.0 Å². The van der Waals surface area contributed by atoms with Gasteiger partial charge in [-0.2, -0.15) is 14.9 Å². The van der Waals surface area contributed by atoms with Crippen LogP contribution in [0.5, 0.6) is 0 Å². The third-order valence-electron chi connectivity index (χ3n) is 6.48. The lowest BCUT2D eigenvalue weighted by Gasteiger charge is -2.25. The van der Waals surface area contributed by atoms with Crippen molar-refractivity contribution in [1.29, 1.82) is 0 Å². The average Bonchev–Trinajstić information content (AvgIpc) is 3.24. The van der Waals surface area contributed by atoms with E-state index in [-0.39, 0.29) is 18.0 Å². The number of aliphatic hydroxyl groups is 1. The molecule has 0 saturated heterocycles. The maximum absolute atomic E-state index is 13.7. The smallest absolute Gasteiger partial charge is 0.271 e. The van der Waals surface area contributed by atoms with Gasteiger partial charge in [0.05, 0.1) is 16.9 Å². The normalized spacial score (nSPS) is 15.0. The molecule has 1 aliphatic rings. The van der Waals surface area contributed by atoms with Crippen LogP contribution in [-0.4, -0.2) is 37.8 Å². The molecule has 1 atom stereocenters. The summed E-state index contributed by atoms with van der Waals surface area (Å²) in [5.74, 6) is 0.912. The van der Waals surface area contributed by atoms with Crippen molar-refractivity contribution in [2.24, 2.45) is 5.92 Å². The minimum absolute atomic E-state index is 0.203. The largest absolute Gasteiger partial charge is 0.396 e. The van der Waals surface area contributed by atoms with Gasteiger partial charge in [0.25, 0.3) is 5.56 Å². The van der Waals surface area contributed by atoms with E-state index in [0.29, 0.717) is 17.3 Å². The molecule has 0 radical (unpaired) electrons. The van der Waals surface area contributed by atoms with Gasteiger partial charge in [0.15, 0.2) is 0 Å². The Hall–Kier alpha value is -3.78. The average molecular weight is 474 g/mol. The number of nitrogens with zero attached hydrogens (tertiary/aromatic N) is 4. The van der Waals surface area contributed by atoms with Crippen LogP contribution in [0.1, 0.15) is 24.8 Å². The lowest BCUT2D eigenvalue weighted by atomic mass is 9.99. The molecule has 180 valence electrons. The van der Waals surface area contributed by atoms with Gasteiger partial charge >= 0.3 is 0 Å². The first-order valence-corrected chi connectivity index (χ1v) is 11.9. The lowest BCUT2D eigenvalue weighted by molar-refractivity contribution is 0.274. The zero-order valence-corrected chi connectivity index (χ0v) is 19.6. The number of aromatic nitrogens is 4. The van der Waals surface area contributed by atoms with E-state index in [1.807, 2.05) is 35.9 Å². The number of hydrogen-bond acceptors (Lipinski definition) is 5. The summed E-state index contributed by atoms with van der Waals surface area (Å²) in [7, 11) is 0. The Morgan fingerprint density at radius 2 is 1.86 bits per heavy atom. The second kappa shape index (κ2) is 9.84. The highest BCUT2D eigenvalue weighted by molar-refractivity contribution is 5.87. The molecule has 0 amide bonds. The number of aliphatic hydroxyl groups excluding tert-OH is 1.